The number of allylic oxidation sites excluding steroid dienone is 2. The molecule has 1 aliphatic heterocycles. The number of nitrogens with one attached hydrogen (secondary N) is 1. The summed E-state index contributed by atoms with van der Waals surface area (Å²) >= 11 is 0. The molecule has 0 radical (unpaired) electrons. The second-order valence-electron chi connectivity index (χ2n) is 8.38. The van der Waals surface area contributed by atoms with E-state index in [1.54, 1.807) is 24.3 Å². The summed E-state index contributed by atoms with van der Waals surface area (Å²) in [5, 5.41) is 12.3. The van der Waals surface area contributed by atoms with E-state index in [-0.39, 0.29) is 23.7 Å². The highest BCUT2D eigenvalue weighted by Gasteiger charge is 2.51. The third-order valence-corrected chi connectivity index (χ3v) is 6.52. The highest BCUT2D eigenvalue weighted by molar-refractivity contribution is 5.98. The molecule has 6 heteroatoms. The molecule has 4 unspecified atom stereocenters. The first-order valence-corrected chi connectivity index (χ1v) is 10.1. The molecule has 4 rings (SSSR count). The lowest BCUT2D eigenvalue weighted by atomic mass is 9.82. The van der Waals surface area contributed by atoms with Crippen molar-refractivity contribution >= 4 is 23.5 Å². The van der Waals surface area contributed by atoms with E-state index >= 15 is 0 Å². The van der Waals surface area contributed by atoms with Crippen molar-refractivity contribution in [3.63, 3.8) is 0 Å². The van der Waals surface area contributed by atoms with Crippen molar-refractivity contribution in [2.24, 2.45) is 29.6 Å². The van der Waals surface area contributed by atoms with Gasteiger partial charge in [-0.15, -0.1) is 0 Å². The lowest BCUT2D eigenvalue weighted by molar-refractivity contribution is -0.146. The van der Waals surface area contributed by atoms with Crippen LogP contribution in [0.2, 0.25) is 0 Å². The minimum absolute atomic E-state index is 0.00607. The Morgan fingerprint density at radius 1 is 1.00 bits per heavy atom. The summed E-state index contributed by atoms with van der Waals surface area (Å²) in [4.78, 5) is 38.8. The maximum atomic E-state index is 12.7. The second-order valence-corrected chi connectivity index (χ2v) is 8.38. The quantitative estimate of drug-likeness (QED) is 0.784. The Kier molecular flexibility index (Phi) is 4.96. The van der Waals surface area contributed by atoms with Crippen molar-refractivity contribution < 1.29 is 19.5 Å². The van der Waals surface area contributed by atoms with Crippen molar-refractivity contribution in [2.45, 2.75) is 26.2 Å². The van der Waals surface area contributed by atoms with E-state index in [4.69, 9.17) is 0 Å². The molecule has 1 saturated carbocycles. The largest absolute Gasteiger partial charge is 0.481 e. The van der Waals surface area contributed by atoms with Crippen LogP contribution in [0.25, 0.3) is 0 Å². The predicted molar refractivity (Wildman–Crippen MR) is 105 cm³/mol. The first-order valence-electron chi connectivity index (χ1n) is 10.1. The van der Waals surface area contributed by atoms with E-state index in [1.807, 2.05) is 17.1 Å². The maximum absolute atomic E-state index is 12.7. The van der Waals surface area contributed by atoms with Crippen LogP contribution < -0.4 is 5.32 Å². The summed E-state index contributed by atoms with van der Waals surface area (Å²) in [6.07, 6.45) is 6.69. The summed E-state index contributed by atoms with van der Waals surface area (Å²) in [5.41, 5.74) is 1.20. The molecule has 0 spiro atoms. The van der Waals surface area contributed by atoms with Crippen molar-refractivity contribution in [1.29, 1.82) is 0 Å². The first kappa shape index (κ1) is 18.7. The SMILES string of the molecule is CC1CCN(C(=O)c2ccc(NC(=O)C3C4C=CC(C4)C3C(=O)O)cc2)CC1. The molecule has 3 aliphatic rings. The zero-order chi connectivity index (χ0) is 19.8. The van der Waals surface area contributed by atoms with E-state index in [0.717, 1.165) is 32.4 Å². The van der Waals surface area contributed by atoms with Gasteiger partial charge in [-0.05, 0) is 61.3 Å². The molecule has 1 heterocycles. The van der Waals surface area contributed by atoms with Crippen molar-refractivity contribution in [3.05, 3.63) is 42.0 Å². The van der Waals surface area contributed by atoms with Gasteiger partial charge in [-0.3, -0.25) is 14.4 Å². The average Bonchev–Trinajstić information content (AvgIpc) is 3.30. The van der Waals surface area contributed by atoms with Crippen LogP contribution in [0, 0.1) is 29.6 Å². The molecule has 1 aromatic rings. The predicted octanol–water partition coefficient (Wildman–Crippen LogP) is 3.02. The number of carbonyl (C=O) groups is 3. The number of nitrogens with zero attached hydrogens (tertiary/aromatic N) is 1. The van der Waals surface area contributed by atoms with Gasteiger partial charge >= 0.3 is 5.97 Å². The van der Waals surface area contributed by atoms with Gasteiger partial charge in [0.05, 0.1) is 11.8 Å². The Bertz CT molecular complexity index is 808. The minimum atomic E-state index is -0.909. The third kappa shape index (κ3) is 3.43. The second kappa shape index (κ2) is 7.41. The maximum Gasteiger partial charge on any atom is 0.307 e. The standard InChI is InChI=1S/C22H26N2O4/c1-13-8-10-24(11-9-13)21(26)14-4-6-17(7-5-14)23-20(25)18-15-2-3-16(12-15)19(18)22(27)28/h2-7,13,15-16,18-19H,8-12H2,1H3,(H,23,25)(H,27,28). The summed E-state index contributed by atoms with van der Waals surface area (Å²) in [5.74, 6) is -1.73. The number of rotatable bonds is 4. The number of anilines is 1. The molecule has 2 amide bonds. The van der Waals surface area contributed by atoms with Crippen molar-refractivity contribution in [2.75, 3.05) is 18.4 Å². The van der Waals surface area contributed by atoms with E-state index in [1.165, 1.54) is 0 Å². The van der Waals surface area contributed by atoms with E-state index in [9.17, 15) is 19.5 Å². The number of hydrogen-bond acceptors (Lipinski definition) is 3. The summed E-state index contributed by atoms with van der Waals surface area (Å²) < 4.78 is 0. The fourth-order valence-corrected chi connectivity index (χ4v) is 4.83. The number of carboxylic acid groups (broad SMARTS) is 1. The van der Waals surface area contributed by atoms with Crippen LogP contribution in [0.4, 0.5) is 5.69 Å². The summed E-state index contributed by atoms with van der Waals surface area (Å²) in [7, 11) is 0. The van der Waals surface area contributed by atoms with Gasteiger partial charge in [0.1, 0.15) is 0 Å². The molecule has 0 aromatic heterocycles. The number of piperidine rings is 1. The van der Waals surface area contributed by atoms with E-state index in [2.05, 4.69) is 12.2 Å². The topological polar surface area (TPSA) is 86.7 Å². The van der Waals surface area contributed by atoms with Gasteiger partial charge < -0.3 is 15.3 Å². The van der Waals surface area contributed by atoms with Crippen molar-refractivity contribution in [3.8, 4) is 0 Å². The van der Waals surface area contributed by atoms with Gasteiger partial charge in [0.15, 0.2) is 0 Å². The normalized spacial score (nSPS) is 29.1. The van der Waals surface area contributed by atoms with Crippen LogP contribution in [0.1, 0.15) is 36.5 Å². The lowest BCUT2D eigenvalue weighted by Crippen LogP contribution is -2.38. The molecule has 1 aromatic carbocycles. The van der Waals surface area contributed by atoms with Gasteiger partial charge in [0.25, 0.3) is 5.91 Å². The summed E-state index contributed by atoms with van der Waals surface area (Å²) in [6.45, 7) is 3.78. The minimum Gasteiger partial charge on any atom is -0.481 e. The molecule has 2 aliphatic carbocycles. The molecular weight excluding hydrogens is 356 g/mol. The number of carboxylic acids is 1. The van der Waals surface area contributed by atoms with Gasteiger partial charge in [-0.1, -0.05) is 19.1 Å². The number of hydrogen-bond donors (Lipinski definition) is 2. The Balaban J connectivity index is 1.40. The van der Waals surface area contributed by atoms with Gasteiger partial charge in [0, 0.05) is 24.3 Å². The molecule has 148 valence electrons. The average molecular weight is 382 g/mol. The number of likely N-dealkylation sites (tertiary alicyclic amines) is 1. The molecule has 6 nitrogen and oxygen atoms in total. The Morgan fingerprint density at radius 3 is 2.21 bits per heavy atom. The molecule has 4 atom stereocenters. The van der Waals surface area contributed by atoms with Crippen molar-refractivity contribution in [1.82, 2.24) is 4.90 Å². The first-order chi connectivity index (χ1) is 13.4. The fraction of sp³-hybridized carbons (Fsp3) is 0.500. The van der Waals surface area contributed by atoms with Crippen LogP contribution in [-0.2, 0) is 9.59 Å². The highest BCUT2D eigenvalue weighted by Crippen LogP contribution is 2.48. The number of amides is 2. The monoisotopic (exact) mass is 382 g/mol. The molecule has 1 saturated heterocycles. The van der Waals surface area contributed by atoms with E-state index in [0.29, 0.717) is 17.2 Å². The molecule has 2 N–H and O–H groups in total. The molecule has 2 fully saturated rings. The van der Waals surface area contributed by atoms with Crippen LogP contribution >= 0.6 is 0 Å². The fourth-order valence-electron chi connectivity index (χ4n) is 4.83. The Hall–Kier alpha value is -2.63. The molecule has 28 heavy (non-hydrogen) atoms. The van der Waals surface area contributed by atoms with Crippen LogP contribution in [-0.4, -0.2) is 40.9 Å². The third-order valence-electron chi connectivity index (χ3n) is 6.52. The number of carbonyl (C=O) groups excluding carboxylic acids is 2. The zero-order valence-electron chi connectivity index (χ0n) is 16.0. The Labute approximate surface area is 164 Å². The Morgan fingerprint density at radius 2 is 1.61 bits per heavy atom. The number of fused-ring (bicyclic) bond motifs is 2. The zero-order valence-corrected chi connectivity index (χ0v) is 16.0. The number of aliphatic carboxylic acids is 1. The van der Waals surface area contributed by atoms with Gasteiger partial charge in [-0.2, -0.15) is 0 Å². The van der Waals surface area contributed by atoms with Crippen LogP contribution in [0.15, 0.2) is 36.4 Å². The van der Waals surface area contributed by atoms with Gasteiger partial charge in [-0.25, -0.2) is 0 Å². The number of benzene rings is 1. The van der Waals surface area contributed by atoms with Crippen LogP contribution in [0.5, 0.6) is 0 Å². The van der Waals surface area contributed by atoms with Crippen LogP contribution in [0.3, 0.4) is 0 Å². The van der Waals surface area contributed by atoms with Gasteiger partial charge in [0.2, 0.25) is 5.91 Å². The molecule has 2 bridgehead atoms. The molecular formula is C22H26N2O4. The lowest BCUT2D eigenvalue weighted by Gasteiger charge is -2.30. The summed E-state index contributed by atoms with van der Waals surface area (Å²) in [6, 6.07) is 6.89. The van der Waals surface area contributed by atoms with E-state index < -0.39 is 17.8 Å². The smallest absolute Gasteiger partial charge is 0.307 e. The highest BCUT2D eigenvalue weighted by atomic mass is 16.4.